The predicted molar refractivity (Wildman–Crippen MR) is 189 cm³/mol. The zero-order chi connectivity index (χ0) is 30.6. The van der Waals surface area contributed by atoms with Crippen LogP contribution >= 0.6 is 0 Å². The fourth-order valence-electron chi connectivity index (χ4n) is 6.94. The highest BCUT2D eigenvalue weighted by atomic mass is 15.1. The molecule has 0 atom stereocenters. The largest absolute Gasteiger partial charge is 0.294 e. The second kappa shape index (κ2) is 10.3. The van der Waals surface area contributed by atoms with E-state index in [0.29, 0.717) is 5.56 Å². The van der Waals surface area contributed by atoms with Gasteiger partial charge in [0.1, 0.15) is 11.6 Å². The summed E-state index contributed by atoms with van der Waals surface area (Å²) in [6.07, 6.45) is 0. The Kier molecular flexibility index (Phi) is 5.84. The highest BCUT2D eigenvalue weighted by molar-refractivity contribution is 6.10. The Hall–Kier alpha value is -6.44. The molecule has 0 unspecified atom stereocenters. The molecule has 0 fully saturated rings. The van der Waals surface area contributed by atoms with E-state index in [-0.39, 0.29) is 0 Å². The summed E-state index contributed by atoms with van der Waals surface area (Å²) in [4.78, 5) is 5.46. The fraction of sp³-hybridized carbons (Fsp3) is 0. The van der Waals surface area contributed by atoms with Crippen molar-refractivity contribution in [3.8, 4) is 40.0 Å². The number of hydrogen-bond acceptors (Lipinski definition) is 2. The monoisotopic (exact) mass is 586 g/mol. The van der Waals surface area contributed by atoms with Crippen LogP contribution in [-0.2, 0) is 0 Å². The molecule has 0 aliphatic rings. The van der Waals surface area contributed by atoms with Crippen LogP contribution < -0.4 is 0 Å². The van der Waals surface area contributed by atoms with Gasteiger partial charge in [0.05, 0.1) is 33.7 Å². The van der Waals surface area contributed by atoms with Gasteiger partial charge in [0, 0.05) is 21.5 Å². The van der Waals surface area contributed by atoms with Gasteiger partial charge in [-0.05, 0) is 70.8 Å². The van der Waals surface area contributed by atoms with Crippen LogP contribution in [0, 0.1) is 11.3 Å². The Balaban J connectivity index is 1.39. The standard InChI is InChI=1S/C42H26N4/c43-27-28-21-23-29(24-22-28)31-11-1-2-12-32(31)30-25-41(45-37-17-7-3-13-33(37)34-14-4-8-18-38(34)45)44-42(26-30)46-39-19-9-5-15-35(39)36-16-6-10-20-40(36)46/h1-26H. The van der Waals surface area contributed by atoms with E-state index in [9.17, 15) is 5.26 Å². The maximum Gasteiger partial charge on any atom is 0.140 e. The van der Waals surface area contributed by atoms with Crippen LogP contribution in [0.15, 0.2) is 158 Å². The second-order valence-electron chi connectivity index (χ2n) is 11.5. The van der Waals surface area contributed by atoms with E-state index in [1.165, 1.54) is 21.5 Å². The molecule has 9 rings (SSSR count). The van der Waals surface area contributed by atoms with E-state index in [1.54, 1.807) is 0 Å². The maximum absolute atomic E-state index is 9.41. The van der Waals surface area contributed by atoms with Crippen LogP contribution in [0.5, 0.6) is 0 Å². The van der Waals surface area contributed by atoms with Crippen LogP contribution in [-0.4, -0.2) is 14.1 Å². The molecule has 0 N–H and O–H groups in total. The topological polar surface area (TPSA) is 46.5 Å². The summed E-state index contributed by atoms with van der Waals surface area (Å²) >= 11 is 0. The highest BCUT2D eigenvalue weighted by Crippen LogP contribution is 2.38. The molecule has 4 nitrogen and oxygen atoms in total. The van der Waals surface area contributed by atoms with E-state index in [2.05, 4.69) is 149 Å². The molecule has 0 spiro atoms. The van der Waals surface area contributed by atoms with E-state index in [1.807, 2.05) is 24.3 Å². The molecule has 46 heavy (non-hydrogen) atoms. The fourth-order valence-corrected chi connectivity index (χ4v) is 6.94. The van der Waals surface area contributed by atoms with Gasteiger partial charge in [-0.1, -0.05) is 109 Å². The summed E-state index contributed by atoms with van der Waals surface area (Å²) in [5.41, 5.74) is 9.41. The minimum Gasteiger partial charge on any atom is -0.294 e. The molecular formula is C42H26N4. The number of hydrogen-bond donors (Lipinski definition) is 0. The smallest absolute Gasteiger partial charge is 0.140 e. The molecule has 4 heteroatoms. The van der Waals surface area contributed by atoms with Crippen LogP contribution in [0.2, 0.25) is 0 Å². The quantitative estimate of drug-likeness (QED) is 0.206. The summed E-state index contributed by atoms with van der Waals surface area (Å²) in [6.45, 7) is 0. The number of aromatic nitrogens is 3. The molecule has 0 radical (unpaired) electrons. The first-order valence-corrected chi connectivity index (χ1v) is 15.4. The number of fused-ring (bicyclic) bond motifs is 6. The summed E-state index contributed by atoms with van der Waals surface area (Å²) in [5, 5.41) is 14.2. The summed E-state index contributed by atoms with van der Waals surface area (Å²) in [5.74, 6) is 1.70. The van der Waals surface area contributed by atoms with Gasteiger partial charge in [0.2, 0.25) is 0 Å². The Labute approximate surface area is 265 Å². The first-order valence-electron chi connectivity index (χ1n) is 15.4. The van der Waals surface area contributed by atoms with Gasteiger partial charge in [-0.3, -0.25) is 9.13 Å². The van der Waals surface area contributed by atoms with E-state index in [0.717, 1.165) is 56.0 Å². The average Bonchev–Trinajstić information content (AvgIpc) is 3.65. The first-order chi connectivity index (χ1) is 22.8. The van der Waals surface area contributed by atoms with Crippen molar-refractivity contribution in [1.29, 1.82) is 5.26 Å². The normalized spacial score (nSPS) is 11.5. The zero-order valence-electron chi connectivity index (χ0n) is 24.8. The highest BCUT2D eigenvalue weighted by Gasteiger charge is 2.19. The Bertz CT molecular complexity index is 2410. The van der Waals surface area contributed by atoms with Gasteiger partial charge in [-0.2, -0.15) is 5.26 Å². The first kappa shape index (κ1) is 26.0. The molecule has 0 amide bonds. The second-order valence-corrected chi connectivity index (χ2v) is 11.5. The Morgan fingerprint density at radius 1 is 0.413 bits per heavy atom. The lowest BCUT2D eigenvalue weighted by Gasteiger charge is -2.16. The SMILES string of the molecule is N#Cc1ccc(-c2ccccc2-c2cc(-n3c4ccccc4c4ccccc43)nc(-n3c4ccccc4c4ccccc43)c2)cc1. The number of nitriles is 1. The summed E-state index contributed by atoms with van der Waals surface area (Å²) in [6, 6.07) is 57.2. The third kappa shape index (κ3) is 3.96. The summed E-state index contributed by atoms with van der Waals surface area (Å²) in [7, 11) is 0. The third-order valence-corrected chi connectivity index (χ3v) is 8.98. The van der Waals surface area contributed by atoms with Gasteiger partial charge >= 0.3 is 0 Å². The van der Waals surface area contributed by atoms with Crippen molar-refractivity contribution in [3.05, 3.63) is 163 Å². The number of nitrogens with zero attached hydrogens (tertiary/aromatic N) is 4. The maximum atomic E-state index is 9.41. The van der Waals surface area contributed by atoms with Crippen molar-refractivity contribution in [1.82, 2.24) is 14.1 Å². The van der Waals surface area contributed by atoms with Crippen LogP contribution in [0.4, 0.5) is 0 Å². The molecule has 0 saturated heterocycles. The lowest BCUT2D eigenvalue weighted by molar-refractivity contribution is 1.01. The van der Waals surface area contributed by atoms with Gasteiger partial charge in [-0.15, -0.1) is 0 Å². The molecule has 9 aromatic rings. The molecule has 3 aromatic heterocycles. The number of benzene rings is 6. The zero-order valence-corrected chi connectivity index (χ0v) is 24.8. The lowest BCUT2D eigenvalue weighted by Crippen LogP contribution is -2.04. The van der Waals surface area contributed by atoms with Gasteiger partial charge in [0.15, 0.2) is 0 Å². The van der Waals surface area contributed by atoms with Crippen molar-refractivity contribution in [2.24, 2.45) is 0 Å². The van der Waals surface area contributed by atoms with Gasteiger partial charge in [-0.25, -0.2) is 4.98 Å². The van der Waals surface area contributed by atoms with Crippen molar-refractivity contribution < 1.29 is 0 Å². The average molecular weight is 587 g/mol. The molecule has 0 aliphatic heterocycles. The van der Waals surface area contributed by atoms with Crippen molar-refractivity contribution in [2.45, 2.75) is 0 Å². The van der Waals surface area contributed by atoms with E-state index in [4.69, 9.17) is 4.98 Å². The third-order valence-electron chi connectivity index (χ3n) is 8.98. The van der Waals surface area contributed by atoms with E-state index >= 15 is 0 Å². The predicted octanol–water partition coefficient (Wildman–Crippen LogP) is 10.5. The number of para-hydroxylation sites is 4. The molecule has 214 valence electrons. The van der Waals surface area contributed by atoms with Crippen molar-refractivity contribution >= 4 is 43.6 Å². The van der Waals surface area contributed by atoms with Crippen LogP contribution in [0.1, 0.15) is 5.56 Å². The van der Waals surface area contributed by atoms with Gasteiger partial charge < -0.3 is 0 Å². The minimum atomic E-state index is 0.646. The molecule has 3 heterocycles. The van der Waals surface area contributed by atoms with Gasteiger partial charge in [0.25, 0.3) is 0 Å². The Morgan fingerprint density at radius 3 is 1.20 bits per heavy atom. The van der Waals surface area contributed by atoms with Crippen molar-refractivity contribution in [3.63, 3.8) is 0 Å². The van der Waals surface area contributed by atoms with Crippen molar-refractivity contribution in [2.75, 3.05) is 0 Å². The molecule has 0 bridgehead atoms. The molecular weight excluding hydrogens is 560 g/mol. The van der Waals surface area contributed by atoms with E-state index < -0.39 is 0 Å². The number of pyridine rings is 1. The van der Waals surface area contributed by atoms with Crippen LogP contribution in [0.3, 0.4) is 0 Å². The minimum absolute atomic E-state index is 0.646. The molecule has 0 saturated carbocycles. The molecule has 0 aliphatic carbocycles. The molecule has 6 aromatic carbocycles. The lowest BCUT2D eigenvalue weighted by atomic mass is 9.94. The number of rotatable bonds is 4. The van der Waals surface area contributed by atoms with Crippen LogP contribution in [0.25, 0.3) is 77.5 Å². The summed E-state index contributed by atoms with van der Waals surface area (Å²) < 4.78 is 4.58. The Morgan fingerprint density at radius 2 is 0.783 bits per heavy atom.